The van der Waals surface area contributed by atoms with Crippen LogP contribution in [0.4, 0.5) is 5.82 Å². The van der Waals surface area contributed by atoms with E-state index in [9.17, 15) is 5.11 Å². The van der Waals surface area contributed by atoms with E-state index in [-0.39, 0.29) is 5.75 Å². The predicted molar refractivity (Wildman–Crippen MR) is 72.2 cm³/mol. The van der Waals surface area contributed by atoms with Gasteiger partial charge in [0, 0.05) is 4.47 Å². The molecule has 0 aliphatic heterocycles. The van der Waals surface area contributed by atoms with Gasteiger partial charge in [0.15, 0.2) is 11.5 Å². The van der Waals surface area contributed by atoms with Crippen molar-refractivity contribution in [3.05, 3.63) is 40.9 Å². The first-order valence-corrected chi connectivity index (χ1v) is 6.04. The van der Waals surface area contributed by atoms with E-state index in [2.05, 4.69) is 26.0 Å². The van der Waals surface area contributed by atoms with Gasteiger partial charge < -0.3 is 10.8 Å². The van der Waals surface area contributed by atoms with Crippen molar-refractivity contribution in [2.45, 2.75) is 0 Å². The van der Waals surface area contributed by atoms with E-state index < -0.39 is 0 Å². The highest BCUT2D eigenvalue weighted by Crippen LogP contribution is 2.27. The Balaban J connectivity index is 2.26. The molecular formula is C12H9BrN4O. The molecule has 2 heterocycles. The fourth-order valence-electron chi connectivity index (χ4n) is 1.75. The SMILES string of the molecule is Nc1cc(Br)cc2nc(-c3ccccc3O)nn12. The van der Waals surface area contributed by atoms with Crippen LogP contribution in [0.3, 0.4) is 0 Å². The molecule has 18 heavy (non-hydrogen) atoms. The van der Waals surface area contributed by atoms with Crippen LogP contribution >= 0.6 is 15.9 Å². The second-order valence-corrected chi connectivity index (χ2v) is 4.74. The van der Waals surface area contributed by atoms with Crippen LogP contribution in [0.1, 0.15) is 0 Å². The number of nitrogens with two attached hydrogens (primary N) is 1. The lowest BCUT2D eigenvalue weighted by molar-refractivity contribution is 0.477. The number of phenols is 1. The summed E-state index contributed by atoms with van der Waals surface area (Å²) in [5, 5.41) is 14.1. The van der Waals surface area contributed by atoms with Crippen LogP contribution < -0.4 is 5.73 Å². The summed E-state index contributed by atoms with van der Waals surface area (Å²) in [4.78, 5) is 4.35. The number of phenolic OH excluding ortho intramolecular Hbond substituents is 1. The van der Waals surface area contributed by atoms with Gasteiger partial charge in [-0.1, -0.05) is 28.1 Å². The Morgan fingerprint density at radius 1 is 1.22 bits per heavy atom. The lowest BCUT2D eigenvalue weighted by atomic mass is 10.2. The summed E-state index contributed by atoms with van der Waals surface area (Å²) in [6.07, 6.45) is 0. The molecule has 0 aliphatic rings. The summed E-state index contributed by atoms with van der Waals surface area (Å²) in [5.41, 5.74) is 7.06. The summed E-state index contributed by atoms with van der Waals surface area (Å²) in [6.45, 7) is 0. The number of pyridine rings is 1. The van der Waals surface area contributed by atoms with E-state index in [1.807, 2.05) is 12.1 Å². The maximum Gasteiger partial charge on any atom is 0.185 e. The standard InChI is InChI=1S/C12H9BrN4O/c13-7-5-10(14)17-11(6-7)15-12(16-17)8-3-1-2-4-9(8)18/h1-6,18H,14H2. The van der Waals surface area contributed by atoms with Crippen LogP contribution in [-0.2, 0) is 0 Å². The van der Waals surface area contributed by atoms with Gasteiger partial charge in [-0.05, 0) is 24.3 Å². The lowest BCUT2D eigenvalue weighted by Crippen LogP contribution is -1.97. The van der Waals surface area contributed by atoms with E-state index in [0.29, 0.717) is 22.9 Å². The number of rotatable bonds is 1. The number of halogens is 1. The van der Waals surface area contributed by atoms with Crippen LogP contribution in [0.25, 0.3) is 17.0 Å². The van der Waals surface area contributed by atoms with E-state index in [4.69, 9.17) is 5.73 Å². The normalized spacial score (nSPS) is 10.9. The average Bonchev–Trinajstić information content (AvgIpc) is 2.73. The molecule has 0 radical (unpaired) electrons. The van der Waals surface area contributed by atoms with Gasteiger partial charge in [0.1, 0.15) is 11.6 Å². The Kier molecular flexibility index (Phi) is 2.45. The fourth-order valence-corrected chi connectivity index (χ4v) is 2.19. The van der Waals surface area contributed by atoms with E-state index in [0.717, 1.165) is 4.47 Å². The zero-order valence-corrected chi connectivity index (χ0v) is 10.8. The second-order valence-electron chi connectivity index (χ2n) is 3.82. The summed E-state index contributed by atoms with van der Waals surface area (Å²) in [5.74, 6) is 1.07. The lowest BCUT2D eigenvalue weighted by Gasteiger charge is -1.98. The van der Waals surface area contributed by atoms with E-state index in [1.54, 1.807) is 24.3 Å². The zero-order valence-electron chi connectivity index (χ0n) is 9.21. The number of nitrogen functional groups attached to an aromatic ring is 1. The molecule has 0 unspecified atom stereocenters. The Morgan fingerprint density at radius 3 is 2.78 bits per heavy atom. The van der Waals surface area contributed by atoms with Gasteiger partial charge in [0.2, 0.25) is 0 Å². The van der Waals surface area contributed by atoms with Crippen LogP contribution in [0.15, 0.2) is 40.9 Å². The smallest absolute Gasteiger partial charge is 0.185 e. The molecule has 0 spiro atoms. The van der Waals surface area contributed by atoms with Crippen LogP contribution in [-0.4, -0.2) is 19.7 Å². The minimum absolute atomic E-state index is 0.144. The van der Waals surface area contributed by atoms with Gasteiger partial charge in [0.05, 0.1) is 5.56 Å². The number of nitrogens with zero attached hydrogens (tertiary/aromatic N) is 3. The topological polar surface area (TPSA) is 76.4 Å². The Bertz CT molecular complexity index is 738. The molecule has 3 rings (SSSR count). The highest BCUT2D eigenvalue weighted by atomic mass is 79.9. The molecular weight excluding hydrogens is 296 g/mol. The number of fused-ring (bicyclic) bond motifs is 1. The molecule has 0 amide bonds. The van der Waals surface area contributed by atoms with Gasteiger partial charge in [-0.2, -0.15) is 4.52 Å². The fraction of sp³-hybridized carbons (Fsp3) is 0. The van der Waals surface area contributed by atoms with E-state index in [1.165, 1.54) is 4.52 Å². The van der Waals surface area contributed by atoms with Crippen LogP contribution in [0, 0.1) is 0 Å². The number of aromatic nitrogens is 3. The van der Waals surface area contributed by atoms with Gasteiger partial charge in [-0.3, -0.25) is 0 Å². The number of benzene rings is 1. The average molecular weight is 305 g/mol. The van der Waals surface area contributed by atoms with Gasteiger partial charge in [-0.15, -0.1) is 5.10 Å². The minimum Gasteiger partial charge on any atom is -0.507 e. The molecule has 0 bridgehead atoms. The third kappa shape index (κ3) is 1.70. The predicted octanol–water partition coefficient (Wildman–Crippen LogP) is 2.45. The monoisotopic (exact) mass is 304 g/mol. The van der Waals surface area contributed by atoms with Gasteiger partial charge in [0.25, 0.3) is 0 Å². The summed E-state index contributed by atoms with van der Waals surface area (Å²) < 4.78 is 2.37. The number of hydrogen-bond donors (Lipinski definition) is 2. The second kappa shape index (κ2) is 3.99. The largest absolute Gasteiger partial charge is 0.507 e. The summed E-state index contributed by atoms with van der Waals surface area (Å²) >= 11 is 3.35. The molecule has 1 aromatic carbocycles. The summed E-state index contributed by atoms with van der Waals surface area (Å²) in [7, 11) is 0. The first kappa shape index (κ1) is 11.0. The van der Waals surface area contributed by atoms with Crippen molar-refractivity contribution < 1.29 is 5.11 Å². The Hall–Kier alpha value is -2.08. The third-order valence-corrected chi connectivity index (χ3v) is 3.03. The summed E-state index contributed by atoms with van der Waals surface area (Å²) in [6, 6.07) is 10.5. The van der Waals surface area contributed by atoms with Crippen molar-refractivity contribution in [1.82, 2.24) is 14.6 Å². The number of para-hydroxylation sites is 1. The van der Waals surface area contributed by atoms with Crippen molar-refractivity contribution in [2.24, 2.45) is 0 Å². The highest BCUT2D eigenvalue weighted by Gasteiger charge is 2.11. The zero-order chi connectivity index (χ0) is 12.7. The molecule has 2 aromatic heterocycles. The molecule has 90 valence electrons. The highest BCUT2D eigenvalue weighted by molar-refractivity contribution is 9.10. The maximum absolute atomic E-state index is 9.78. The molecule has 3 N–H and O–H groups in total. The molecule has 0 fully saturated rings. The maximum atomic E-state index is 9.78. The molecule has 0 saturated carbocycles. The van der Waals surface area contributed by atoms with E-state index >= 15 is 0 Å². The molecule has 0 atom stereocenters. The van der Waals surface area contributed by atoms with Gasteiger partial charge in [-0.25, -0.2) is 4.98 Å². The van der Waals surface area contributed by atoms with Crippen molar-refractivity contribution in [3.63, 3.8) is 0 Å². The quantitative estimate of drug-likeness (QED) is 0.724. The Labute approximate surface area is 111 Å². The number of anilines is 1. The van der Waals surface area contributed by atoms with Crippen molar-refractivity contribution in [2.75, 3.05) is 5.73 Å². The van der Waals surface area contributed by atoms with Crippen LogP contribution in [0.5, 0.6) is 5.75 Å². The Morgan fingerprint density at radius 2 is 2.00 bits per heavy atom. The molecule has 6 heteroatoms. The van der Waals surface area contributed by atoms with Crippen molar-refractivity contribution in [1.29, 1.82) is 0 Å². The van der Waals surface area contributed by atoms with Crippen molar-refractivity contribution in [3.8, 4) is 17.1 Å². The third-order valence-electron chi connectivity index (χ3n) is 2.57. The van der Waals surface area contributed by atoms with Crippen molar-refractivity contribution >= 4 is 27.4 Å². The number of aromatic hydroxyl groups is 1. The minimum atomic E-state index is 0.144. The molecule has 3 aromatic rings. The first-order valence-electron chi connectivity index (χ1n) is 5.25. The molecule has 0 aliphatic carbocycles. The van der Waals surface area contributed by atoms with Crippen LogP contribution in [0.2, 0.25) is 0 Å². The molecule has 0 saturated heterocycles. The van der Waals surface area contributed by atoms with Gasteiger partial charge >= 0.3 is 0 Å². The number of hydrogen-bond acceptors (Lipinski definition) is 4. The first-order chi connectivity index (χ1) is 8.65. The molecule has 5 nitrogen and oxygen atoms in total.